The van der Waals surface area contributed by atoms with Crippen molar-refractivity contribution in [3.63, 3.8) is 0 Å². The van der Waals surface area contributed by atoms with Crippen LogP contribution in [0.3, 0.4) is 0 Å². The van der Waals surface area contributed by atoms with E-state index >= 15 is 0 Å². The molecule has 0 spiro atoms. The lowest BCUT2D eigenvalue weighted by Crippen LogP contribution is -2.39. The summed E-state index contributed by atoms with van der Waals surface area (Å²) in [4.78, 5) is 18.9. The molecule has 1 aromatic carbocycles. The van der Waals surface area contributed by atoms with Crippen LogP contribution in [-0.2, 0) is 17.8 Å². The second kappa shape index (κ2) is 10.6. The van der Waals surface area contributed by atoms with Gasteiger partial charge in [0.15, 0.2) is 5.82 Å². The minimum absolute atomic E-state index is 0.00190. The van der Waals surface area contributed by atoms with Crippen LogP contribution in [0, 0.1) is 13.8 Å². The summed E-state index contributed by atoms with van der Waals surface area (Å²) < 4.78 is 7.83. The zero-order valence-electron chi connectivity index (χ0n) is 21.3. The molecule has 5 rings (SSSR count). The molecule has 1 saturated carbocycles. The molecule has 2 unspecified atom stereocenters. The number of hydrogen-bond donors (Lipinski definition) is 1. The van der Waals surface area contributed by atoms with Crippen molar-refractivity contribution >= 4 is 10.9 Å². The zero-order chi connectivity index (χ0) is 24.4. The van der Waals surface area contributed by atoms with Crippen LogP contribution < -0.4 is 5.56 Å². The topological polar surface area (TPSA) is 88.9 Å². The molecule has 1 saturated heterocycles. The second-order valence-electron chi connectivity index (χ2n) is 10.4. The number of aromatic amines is 1. The maximum Gasteiger partial charge on any atom is 0.252 e. The number of H-pyrrole nitrogens is 1. The second-order valence-corrected chi connectivity index (χ2v) is 10.4. The highest BCUT2D eigenvalue weighted by Crippen LogP contribution is 2.34. The third kappa shape index (κ3) is 5.19. The molecule has 0 bridgehead atoms. The van der Waals surface area contributed by atoms with Crippen molar-refractivity contribution in [2.45, 2.75) is 103 Å². The Morgan fingerprint density at radius 3 is 2.69 bits per heavy atom. The maximum absolute atomic E-state index is 13.2. The van der Waals surface area contributed by atoms with E-state index in [1.165, 1.54) is 24.0 Å². The van der Waals surface area contributed by atoms with E-state index in [2.05, 4.69) is 64.4 Å². The van der Waals surface area contributed by atoms with Crippen LogP contribution in [0.15, 0.2) is 23.0 Å². The number of hydrogen-bond acceptors (Lipinski definition) is 6. The number of ether oxygens (including phenoxy) is 1. The Balaban J connectivity index is 1.50. The fourth-order valence-corrected chi connectivity index (χ4v) is 5.84. The summed E-state index contributed by atoms with van der Waals surface area (Å²) in [6.45, 7) is 8.52. The molecular weight excluding hydrogens is 440 g/mol. The van der Waals surface area contributed by atoms with E-state index < -0.39 is 0 Å². The predicted octanol–water partition coefficient (Wildman–Crippen LogP) is 4.60. The van der Waals surface area contributed by atoms with Crippen LogP contribution in [-0.4, -0.2) is 48.8 Å². The molecule has 2 atom stereocenters. The van der Waals surface area contributed by atoms with E-state index in [-0.39, 0.29) is 17.7 Å². The Morgan fingerprint density at radius 2 is 1.94 bits per heavy atom. The van der Waals surface area contributed by atoms with E-state index in [0.29, 0.717) is 19.1 Å². The van der Waals surface area contributed by atoms with Crippen molar-refractivity contribution in [2.75, 3.05) is 6.61 Å². The predicted molar refractivity (Wildman–Crippen MR) is 136 cm³/mol. The fraction of sp³-hybridized carbons (Fsp3) is 0.630. The van der Waals surface area contributed by atoms with E-state index in [1.54, 1.807) is 0 Å². The summed E-state index contributed by atoms with van der Waals surface area (Å²) in [6.07, 6.45) is 9.05. The van der Waals surface area contributed by atoms with Gasteiger partial charge in [0.2, 0.25) is 0 Å². The smallest absolute Gasteiger partial charge is 0.252 e. The molecule has 8 heteroatoms. The van der Waals surface area contributed by atoms with Gasteiger partial charge >= 0.3 is 0 Å². The number of nitrogens with zero attached hydrogens (tertiary/aromatic N) is 5. The van der Waals surface area contributed by atoms with Gasteiger partial charge in [0.1, 0.15) is 0 Å². The van der Waals surface area contributed by atoms with Crippen molar-refractivity contribution in [3.05, 3.63) is 51.1 Å². The largest absolute Gasteiger partial charge is 0.376 e. The average molecular weight is 479 g/mol. The van der Waals surface area contributed by atoms with Crippen LogP contribution >= 0.6 is 0 Å². The minimum atomic E-state index is -0.00190. The summed E-state index contributed by atoms with van der Waals surface area (Å²) in [5.74, 6) is 0.901. The fourth-order valence-electron chi connectivity index (χ4n) is 5.84. The van der Waals surface area contributed by atoms with Gasteiger partial charge in [-0.2, -0.15) is 0 Å². The van der Waals surface area contributed by atoms with Crippen LogP contribution in [0.1, 0.15) is 86.8 Å². The number of benzene rings is 1. The van der Waals surface area contributed by atoms with Crippen molar-refractivity contribution in [2.24, 2.45) is 0 Å². The molecule has 3 aromatic rings. The van der Waals surface area contributed by atoms with Gasteiger partial charge in [-0.05, 0) is 91.1 Å². The first-order chi connectivity index (χ1) is 17.0. The summed E-state index contributed by atoms with van der Waals surface area (Å²) in [5.41, 5.74) is 4.14. The molecule has 2 aromatic heterocycles. The monoisotopic (exact) mass is 478 g/mol. The highest BCUT2D eigenvalue weighted by molar-refractivity contribution is 5.80. The van der Waals surface area contributed by atoms with Gasteiger partial charge in [-0.25, -0.2) is 4.68 Å². The zero-order valence-corrected chi connectivity index (χ0v) is 21.3. The summed E-state index contributed by atoms with van der Waals surface area (Å²) >= 11 is 0. The molecule has 3 heterocycles. The molecule has 0 radical (unpaired) electrons. The van der Waals surface area contributed by atoms with Crippen molar-refractivity contribution < 1.29 is 4.74 Å². The molecule has 1 N–H and O–H groups in total. The number of tetrazole rings is 1. The van der Waals surface area contributed by atoms with E-state index in [1.807, 2.05) is 4.68 Å². The van der Waals surface area contributed by atoms with E-state index in [0.717, 1.165) is 67.4 Å². The van der Waals surface area contributed by atoms with Crippen LogP contribution in [0.4, 0.5) is 0 Å². The molecule has 8 nitrogen and oxygen atoms in total. The van der Waals surface area contributed by atoms with Gasteiger partial charge in [0.05, 0.1) is 18.7 Å². The third-order valence-electron chi connectivity index (χ3n) is 7.90. The van der Waals surface area contributed by atoms with Crippen LogP contribution in [0.25, 0.3) is 10.9 Å². The van der Waals surface area contributed by atoms with Crippen molar-refractivity contribution in [3.8, 4) is 0 Å². The van der Waals surface area contributed by atoms with E-state index in [4.69, 9.17) is 4.74 Å². The molecule has 0 amide bonds. The van der Waals surface area contributed by atoms with Gasteiger partial charge in [-0.15, -0.1) is 5.10 Å². The first-order valence-corrected chi connectivity index (χ1v) is 13.3. The number of aromatic nitrogens is 5. The molecule has 1 aliphatic carbocycles. The lowest BCUT2D eigenvalue weighted by Gasteiger charge is -2.36. The number of nitrogens with one attached hydrogen (secondary N) is 1. The Labute approximate surface area is 207 Å². The minimum Gasteiger partial charge on any atom is -0.376 e. The molecule has 2 aliphatic rings. The van der Waals surface area contributed by atoms with Crippen molar-refractivity contribution in [1.82, 2.24) is 30.1 Å². The van der Waals surface area contributed by atoms with Gasteiger partial charge in [-0.3, -0.25) is 9.69 Å². The summed E-state index contributed by atoms with van der Waals surface area (Å²) in [5, 5.41) is 14.0. The average Bonchev–Trinajstić information content (AvgIpc) is 3.62. The van der Waals surface area contributed by atoms with Crippen LogP contribution in [0.5, 0.6) is 0 Å². The number of aryl methyl sites for hydroxylation is 2. The standard InChI is InChI=1S/C27H38N6O2/c1-4-8-25(26-29-30-31-33(26)17-23-11-7-12-35-23)32(22-9-5-6-10-22)16-21-15-20-13-18(2)19(3)14-24(20)28-27(21)34/h13-15,22-23,25H,4-12,16-17H2,1-3H3,(H,28,34). The van der Waals surface area contributed by atoms with Crippen LogP contribution in [0.2, 0.25) is 0 Å². The Morgan fingerprint density at radius 1 is 1.14 bits per heavy atom. The summed E-state index contributed by atoms with van der Waals surface area (Å²) in [6, 6.07) is 6.82. The van der Waals surface area contributed by atoms with E-state index in [9.17, 15) is 4.79 Å². The molecule has 188 valence electrons. The molecule has 2 fully saturated rings. The lowest BCUT2D eigenvalue weighted by molar-refractivity contribution is 0.0828. The van der Waals surface area contributed by atoms with Gasteiger partial charge in [0.25, 0.3) is 5.56 Å². The summed E-state index contributed by atoms with van der Waals surface area (Å²) in [7, 11) is 0. The maximum atomic E-state index is 13.2. The first kappa shape index (κ1) is 24.1. The molecular formula is C27H38N6O2. The Hall–Kier alpha value is -2.58. The Bertz CT molecular complexity index is 1210. The molecule has 1 aliphatic heterocycles. The lowest BCUT2D eigenvalue weighted by atomic mass is 10.0. The normalized spacial score (nSPS) is 19.8. The third-order valence-corrected chi connectivity index (χ3v) is 7.90. The number of rotatable bonds is 9. The van der Waals surface area contributed by atoms with Gasteiger partial charge in [-0.1, -0.05) is 26.2 Å². The van der Waals surface area contributed by atoms with Gasteiger partial charge in [0, 0.05) is 30.3 Å². The quantitative estimate of drug-likeness (QED) is 0.484. The van der Waals surface area contributed by atoms with Gasteiger partial charge < -0.3 is 9.72 Å². The Kier molecular flexibility index (Phi) is 7.29. The number of fused-ring (bicyclic) bond motifs is 1. The number of pyridine rings is 1. The SMILES string of the molecule is CCCC(c1nnnn1CC1CCCO1)N(Cc1cc2cc(C)c(C)cc2[nH]c1=O)C1CCCC1. The molecule has 35 heavy (non-hydrogen) atoms. The van der Waals surface area contributed by atoms with Crippen molar-refractivity contribution in [1.29, 1.82) is 0 Å². The highest BCUT2D eigenvalue weighted by atomic mass is 16.5. The first-order valence-electron chi connectivity index (χ1n) is 13.3. The highest BCUT2D eigenvalue weighted by Gasteiger charge is 2.33.